The lowest BCUT2D eigenvalue weighted by Crippen LogP contribution is -2.41. The van der Waals surface area contributed by atoms with Crippen molar-refractivity contribution in [1.29, 1.82) is 0 Å². The molecule has 2 aromatic heterocycles. The largest absolute Gasteiger partial charge is 0.383 e. The Morgan fingerprint density at radius 1 is 1.21 bits per heavy atom. The summed E-state index contributed by atoms with van der Waals surface area (Å²) in [4.78, 5) is 42.3. The number of aromatic amines is 1. The van der Waals surface area contributed by atoms with E-state index in [1.807, 2.05) is 62.7 Å². The van der Waals surface area contributed by atoms with Crippen LogP contribution in [0.3, 0.4) is 0 Å². The van der Waals surface area contributed by atoms with Gasteiger partial charge in [0.1, 0.15) is 11.6 Å². The highest BCUT2D eigenvalue weighted by molar-refractivity contribution is 7.99. The second kappa shape index (κ2) is 11.2. The lowest BCUT2D eigenvalue weighted by atomic mass is 10.2. The fraction of sp³-hybridized carbons (Fsp3) is 0.435. The Bertz CT molecular complexity index is 1250. The molecule has 3 rings (SSSR count). The minimum Gasteiger partial charge on any atom is -0.383 e. The molecule has 1 amide bonds. The summed E-state index contributed by atoms with van der Waals surface area (Å²) in [6, 6.07) is 9.31. The van der Waals surface area contributed by atoms with Crippen molar-refractivity contribution in [1.82, 2.24) is 24.3 Å². The molecule has 1 aromatic carbocycles. The molecule has 0 atom stereocenters. The first kappa shape index (κ1) is 25.3. The Labute approximate surface area is 202 Å². The molecule has 0 aliphatic carbocycles. The van der Waals surface area contributed by atoms with Crippen LogP contribution in [0, 0.1) is 0 Å². The van der Waals surface area contributed by atoms with E-state index in [1.54, 1.807) is 0 Å². The van der Waals surface area contributed by atoms with Gasteiger partial charge in [-0.15, -0.1) is 10.2 Å². The molecule has 34 heavy (non-hydrogen) atoms. The van der Waals surface area contributed by atoms with Crippen molar-refractivity contribution in [3.05, 3.63) is 62.6 Å². The second-order valence-corrected chi connectivity index (χ2v) is 9.25. The molecule has 10 nitrogen and oxygen atoms in total. The molecule has 0 radical (unpaired) electrons. The van der Waals surface area contributed by atoms with Crippen LogP contribution in [0.25, 0.3) is 0 Å². The van der Waals surface area contributed by atoms with Gasteiger partial charge in [-0.1, -0.05) is 69.3 Å². The normalized spacial score (nSPS) is 11.2. The van der Waals surface area contributed by atoms with Gasteiger partial charge in [0.05, 0.1) is 12.3 Å². The van der Waals surface area contributed by atoms with E-state index in [-0.39, 0.29) is 35.6 Å². The molecule has 11 heteroatoms. The smallest absolute Gasteiger partial charge is 0.330 e. The van der Waals surface area contributed by atoms with E-state index in [4.69, 9.17) is 5.73 Å². The van der Waals surface area contributed by atoms with Gasteiger partial charge >= 0.3 is 5.69 Å². The van der Waals surface area contributed by atoms with Crippen LogP contribution in [0.2, 0.25) is 0 Å². The fourth-order valence-electron chi connectivity index (χ4n) is 3.59. The molecule has 0 saturated heterocycles. The number of amides is 1. The monoisotopic (exact) mass is 485 g/mol. The van der Waals surface area contributed by atoms with Crippen LogP contribution in [0.1, 0.15) is 50.9 Å². The first-order valence-corrected chi connectivity index (χ1v) is 12.2. The first-order chi connectivity index (χ1) is 16.2. The van der Waals surface area contributed by atoms with Gasteiger partial charge in [-0.25, -0.2) is 4.79 Å². The number of thioether (sulfide) groups is 1. The molecule has 0 spiro atoms. The summed E-state index contributed by atoms with van der Waals surface area (Å²) in [5, 5.41) is 8.99. The zero-order valence-electron chi connectivity index (χ0n) is 19.9. The summed E-state index contributed by atoms with van der Waals surface area (Å²) in [7, 11) is 1.86. The molecule has 182 valence electrons. The molecule has 0 aliphatic heterocycles. The second-order valence-electron chi connectivity index (χ2n) is 8.31. The number of anilines is 2. The van der Waals surface area contributed by atoms with Gasteiger partial charge in [0.25, 0.3) is 5.56 Å². The van der Waals surface area contributed by atoms with Crippen LogP contribution >= 0.6 is 11.8 Å². The number of carbonyl (C=O) groups excluding carboxylic acids is 1. The quantitative estimate of drug-likeness (QED) is 0.422. The van der Waals surface area contributed by atoms with Crippen molar-refractivity contribution in [3.8, 4) is 0 Å². The van der Waals surface area contributed by atoms with Crippen LogP contribution in [0.5, 0.6) is 0 Å². The average molecular weight is 486 g/mol. The molecule has 3 aromatic rings. The van der Waals surface area contributed by atoms with Crippen molar-refractivity contribution < 1.29 is 4.79 Å². The Hall–Kier alpha value is -3.34. The number of carbonyl (C=O) groups is 1. The van der Waals surface area contributed by atoms with Gasteiger partial charge in [0.2, 0.25) is 5.91 Å². The summed E-state index contributed by atoms with van der Waals surface area (Å²) < 4.78 is 3.17. The Morgan fingerprint density at radius 3 is 2.53 bits per heavy atom. The number of H-pyrrole nitrogens is 1. The zero-order valence-corrected chi connectivity index (χ0v) is 20.8. The standard InChI is InChI=1S/C23H31N7O3S/c1-5-6-12-29-19(24)18(21(32)25-22(29)33)30(13-16-10-8-7-9-11-16)17(31)14-34-23-27-26-20(15(2)3)28(23)4/h7-11,15H,5-6,12-14,24H2,1-4H3,(H,25,32,33). The van der Waals surface area contributed by atoms with Crippen LogP contribution in [0.4, 0.5) is 11.5 Å². The number of nitrogens with one attached hydrogen (secondary N) is 1. The third-order valence-electron chi connectivity index (χ3n) is 5.41. The van der Waals surface area contributed by atoms with E-state index >= 15 is 0 Å². The van der Waals surface area contributed by atoms with E-state index in [0.717, 1.165) is 17.8 Å². The summed E-state index contributed by atoms with van der Waals surface area (Å²) in [6.45, 7) is 6.52. The van der Waals surface area contributed by atoms with E-state index < -0.39 is 11.2 Å². The number of nitrogen functional groups attached to an aromatic ring is 1. The number of unbranched alkanes of at least 4 members (excludes halogenated alkanes) is 1. The molecular weight excluding hydrogens is 454 g/mol. The molecular formula is C23H31N7O3S. The van der Waals surface area contributed by atoms with Gasteiger partial charge in [-0.05, 0) is 12.0 Å². The van der Waals surface area contributed by atoms with Gasteiger partial charge in [0.15, 0.2) is 10.8 Å². The highest BCUT2D eigenvalue weighted by Crippen LogP contribution is 2.24. The highest BCUT2D eigenvalue weighted by atomic mass is 32.2. The minimum absolute atomic E-state index is 0.0165. The lowest BCUT2D eigenvalue weighted by Gasteiger charge is -2.24. The van der Waals surface area contributed by atoms with Crippen LogP contribution in [-0.4, -0.2) is 36.0 Å². The molecule has 3 N–H and O–H groups in total. The van der Waals surface area contributed by atoms with Crippen LogP contribution in [-0.2, 0) is 24.9 Å². The fourth-order valence-corrected chi connectivity index (χ4v) is 4.39. The highest BCUT2D eigenvalue weighted by Gasteiger charge is 2.25. The lowest BCUT2D eigenvalue weighted by molar-refractivity contribution is -0.116. The third kappa shape index (κ3) is 5.58. The van der Waals surface area contributed by atoms with E-state index in [9.17, 15) is 14.4 Å². The van der Waals surface area contributed by atoms with Crippen molar-refractivity contribution in [2.45, 2.75) is 57.8 Å². The predicted molar refractivity (Wildman–Crippen MR) is 134 cm³/mol. The Kier molecular flexibility index (Phi) is 8.32. The predicted octanol–water partition coefficient (Wildman–Crippen LogP) is 2.50. The maximum absolute atomic E-state index is 13.4. The SMILES string of the molecule is CCCCn1c(N)c(N(Cc2ccccc2)C(=O)CSc2nnc(C(C)C)n2C)c(=O)[nH]c1=O. The number of rotatable bonds is 10. The van der Waals surface area contributed by atoms with Crippen molar-refractivity contribution in [3.63, 3.8) is 0 Å². The number of benzene rings is 1. The van der Waals surface area contributed by atoms with Crippen molar-refractivity contribution in [2.75, 3.05) is 16.4 Å². The summed E-state index contributed by atoms with van der Waals surface area (Å²) in [5.74, 6) is 0.682. The average Bonchev–Trinajstić information content (AvgIpc) is 3.17. The van der Waals surface area contributed by atoms with Crippen LogP contribution in [0.15, 0.2) is 45.1 Å². The van der Waals surface area contributed by atoms with Gasteiger partial charge < -0.3 is 10.3 Å². The minimum atomic E-state index is -0.690. The van der Waals surface area contributed by atoms with Crippen molar-refractivity contribution in [2.24, 2.45) is 7.05 Å². The Morgan fingerprint density at radius 2 is 1.91 bits per heavy atom. The zero-order chi connectivity index (χ0) is 24.8. The van der Waals surface area contributed by atoms with Gasteiger partial charge in [-0.2, -0.15) is 0 Å². The summed E-state index contributed by atoms with van der Waals surface area (Å²) in [5.41, 5.74) is 5.83. The molecule has 2 heterocycles. The Balaban J connectivity index is 1.97. The van der Waals surface area contributed by atoms with E-state index in [1.165, 1.54) is 21.2 Å². The van der Waals surface area contributed by atoms with Crippen LogP contribution < -0.4 is 21.9 Å². The number of hydrogen-bond donors (Lipinski definition) is 2. The van der Waals surface area contributed by atoms with Gasteiger partial charge in [0, 0.05) is 19.5 Å². The molecule has 0 aliphatic rings. The molecule has 0 fully saturated rings. The molecule has 0 bridgehead atoms. The van der Waals surface area contributed by atoms with E-state index in [0.29, 0.717) is 18.1 Å². The number of aromatic nitrogens is 5. The number of hydrogen-bond acceptors (Lipinski definition) is 7. The maximum atomic E-state index is 13.4. The van der Waals surface area contributed by atoms with Crippen molar-refractivity contribution >= 4 is 29.2 Å². The van der Waals surface area contributed by atoms with E-state index in [2.05, 4.69) is 15.2 Å². The number of nitrogens with two attached hydrogens (primary N) is 1. The number of nitrogens with zero attached hydrogens (tertiary/aromatic N) is 5. The maximum Gasteiger partial charge on any atom is 0.330 e. The third-order valence-corrected chi connectivity index (χ3v) is 6.42. The molecule has 0 saturated carbocycles. The topological polar surface area (TPSA) is 132 Å². The molecule has 0 unspecified atom stereocenters. The summed E-state index contributed by atoms with van der Waals surface area (Å²) in [6.07, 6.45) is 1.56. The van der Waals surface area contributed by atoms with Gasteiger partial charge in [-0.3, -0.25) is 24.0 Å². The summed E-state index contributed by atoms with van der Waals surface area (Å²) >= 11 is 1.24. The first-order valence-electron chi connectivity index (χ1n) is 11.2.